The third-order valence-corrected chi connectivity index (χ3v) is 3.97. The fourth-order valence-electron chi connectivity index (χ4n) is 1.66. The van der Waals surface area contributed by atoms with E-state index in [1.165, 1.54) is 12.3 Å². The molecule has 2 rings (SSSR count). The number of nitrogen functional groups attached to an aromatic ring is 1. The van der Waals surface area contributed by atoms with Crippen molar-refractivity contribution in [3.63, 3.8) is 0 Å². The molecule has 0 aliphatic rings. The van der Waals surface area contributed by atoms with Gasteiger partial charge in [0.05, 0.1) is 0 Å². The molecule has 1 aromatic heterocycles. The SMILES string of the molecule is Cc1cccc(NS(=O)(=O)c2c[nH]c(C(=O)NN)c2)c1. The zero-order chi connectivity index (χ0) is 14.8. The summed E-state index contributed by atoms with van der Waals surface area (Å²) in [6, 6.07) is 8.16. The average molecular weight is 294 g/mol. The number of hydrogen-bond donors (Lipinski definition) is 4. The van der Waals surface area contributed by atoms with Crippen molar-refractivity contribution in [2.75, 3.05) is 4.72 Å². The Labute approximate surface area is 116 Å². The number of sulfonamides is 1. The number of hydrazine groups is 1. The van der Waals surface area contributed by atoms with Crippen LogP contribution in [0.1, 0.15) is 16.1 Å². The Morgan fingerprint density at radius 1 is 1.30 bits per heavy atom. The van der Waals surface area contributed by atoms with Crippen molar-refractivity contribution in [2.45, 2.75) is 11.8 Å². The molecule has 0 saturated carbocycles. The van der Waals surface area contributed by atoms with E-state index in [0.29, 0.717) is 5.69 Å². The Balaban J connectivity index is 2.27. The largest absolute Gasteiger partial charge is 0.356 e. The molecule has 2 aromatic rings. The summed E-state index contributed by atoms with van der Waals surface area (Å²) in [6.07, 6.45) is 1.22. The number of rotatable bonds is 4. The number of nitrogens with one attached hydrogen (secondary N) is 3. The second kappa shape index (κ2) is 5.35. The zero-order valence-corrected chi connectivity index (χ0v) is 11.5. The van der Waals surface area contributed by atoms with Gasteiger partial charge in [-0.2, -0.15) is 0 Å². The van der Waals surface area contributed by atoms with Crippen LogP contribution < -0.4 is 16.0 Å². The molecule has 106 valence electrons. The molecule has 5 N–H and O–H groups in total. The van der Waals surface area contributed by atoms with Crippen LogP contribution in [0.3, 0.4) is 0 Å². The lowest BCUT2D eigenvalue weighted by Crippen LogP contribution is -2.30. The van der Waals surface area contributed by atoms with E-state index in [-0.39, 0.29) is 10.6 Å². The highest BCUT2D eigenvalue weighted by Gasteiger charge is 2.18. The highest BCUT2D eigenvalue weighted by atomic mass is 32.2. The number of aromatic nitrogens is 1. The predicted molar refractivity (Wildman–Crippen MR) is 74.4 cm³/mol. The minimum absolute atomic E-state index is 0.0439. The molecule has 0 unspecified atom stereocenters. The Kier molecular flexibility index (Phi) is 3.77. The number of aryl methyl sites for hydroxylation is 1. The number of aromatic amines is 1. The number of anilines is 1. The normalized spacial score (nSPS) is 11.1. The number of carbonyl (C=O) groups excluding carboxylic acids is 1. The Bertz CT molecular complexity index is 737. The van der Waals surface area contributed by atoms with Gasteiger partial charge in [0.2, 0.25) is 0 Å². The first-order valence-electron chi connectivity index (χ1n) is 5.71. The summed E-state index contributed by atoms with van der Waals surface area (Å²) in [5.74, 6) is 4.38. The van der Waals surface area contributed by atoms with Crippen LogP contribution in [0.2, 0.25) is 0 Å². The number of amides is 1. The molecule has 1 aromatic carbocycles. The van der Waals surface area contributed by atoms with E-state index in [9.17, 15) is 13.2 Å². The van der Waals surface area contributed by atoms with E-state index in [0.717, 1.165) is 5.56 Å². The molecule has 0 saturated heterocycles. The second-order valence-electron chi connectivity index (χ2n) is 4.20. The second-order valence-corrected chi connectivity index (χ2v) is 5.88. The summed E-state index contributed by atoms with van der Waals surface area (Å²) in [5, 5.41) is 0. The van der Waals surface area contributed by atoms with E-state index < -0.39 is 15.9 Å². The first-order chi connectivity index (χ1) is 9.42. The van der Waals surface area contributed by atoms with Crippen LogP contribution in [-0.4, -0.2) is 19.3 Å². The van der Waals surface area contributed by atoms with Crippen molar-refractivity contribution in [1.29, 1.82) is 0 Å². The fraction of sp³-hybridized carbons (Fsp3) is 0.0833. The van der Waals surface area contributed by atoms with Crippen molar-refractivity contribution < 1.29 is 13.2 Å². The number of H-pyrrole nitrogens is 1. The van der Waals surface area contributed by atoms with Gasteiger partial charge in [-0.3, -0.25) is 14.9 Å². The molecule has 8 heteroatoms. The number of hydrogen-bond acceptors (Lipinski definition) is 4. The average Bonchev–Trinajstić information content (AvgIpc) is 2.87. The Morgan fingerprint density at radius 2 is 2.05 bits per heavy atom. The predicted octanol–water partition coefficient (Wildman–Crippen LogP) is 0.727. The maximum absolute atomic E-state index is 12.1. The highest BCUT2D eigenvalue weighted by Crippen LogP contribution is 2.17. The topological polar surface area (TPSA) is 117 Å². The van der Waals surface area contributed by atoms with Gasteiger partial charge in [-0.1, -0.05) is 12.1 Å². The third-order valence-electron chi connectivity index (χ3n) is 2.61. The maximum atomic E-state index is 12.1. The smallest absolute Gasteiger partial charge is 0.281 e. The number of benzene rings is 1. The molecular weight excluding hydrogens is 280 g/mol. The third kappa shape index (κ3) is 2.98. The molecule has 0 aliphatic carbocycles. The lowest BCUT2D eigenvalue weighted by atomic mass is 10.2. The lowest BCUT2D eigenvalue weighted by Gasteiger charge is -2.06. The summed E-state index contributed by atoms with van der Waals surface area (Å²) in [4.78, 5) is 13.8. The highest BCUT2D eigenvalue weighted by molar-refractivity contribution is 7.92. The van der Waals surface area contributed by atoms with Gasteiger partial charge in [0.15, 0.2) is 0 Å². The Hall–Kier alpha value is -2.32. The summed E-state index contributed by atoms with van der Waals surface area (Å²) >= 11 is 0. The minimum atomic E-state index is -3.75. The van der Waals surface area contributed by atoms with Crippen molar-refractivity contribution in [3.05, 3.63) is 47.8 Å². The zero-order valence-electron chi connectivity index (χ0n) is 10.7. The van der Waals surface area contributed by atoms with E-state index in [1.54, 1.807) is 18.2 Å². The van der Waals surface area contributed by atoms with Crippen LogP contribution in [0.4, 0.5) is 5.69 Å². The lowest BCUT2D eigenvalue weighted by molar-refractivity contribution is 0.0949. The summed E-state index contributed by atoms with van der Waals surface area (Å²) in [7, 11) is -3.75. The van der Waals surface area contributed by atoms with Crippen molar-refractivity contribution >= 4 is 21.6 Å². The molecule has 0 atom stereocenters. The monoisotopic (exact) mass is 294 g/mol. The summed E-state index contributed by atoms with van der Waals surface area (Å²) in [6.45, 7) is 1.86. The first kappa shape index (κ1) is 14.1. The van der Waals surface area contributed by atoms with Gasteiger partial charge in [-0.05, 0) is 30.7 Å². The van der Waals surface area contributed by atoms with Crippen LogP contribution in [-0.2, 0) is 10.0 Å². The molecule has 20 heavy (non-hydrogen) atoms. The number of nitrogens with two attached hydrogens (primary N) is 1. The first-order valence-corrected chi connectivity index (χ1v) is 7.19. The van der Waals surface area contributed by atoms with Crippen LogP contribution in [0.25, 0.3) is 0 Å². The standard InChI is InChI=1S/C12H14N4O3S/c1-8-3-2-4-9(5-8)16-20(18,19)10-6-11(14-7-10)12(17)15-13/h2-7,14,16H,13H2,1H3,(H,15,17). The van der Waals surface area contributed by atoms with Gasteiger partial charge in [-0.15, -0.1) is 0 Å². The van der Waals surface area contributed by atoms with E-state index >= 15 is 0 Å². The molecule has 0 radical (unpaired) electrons. The number of carbonyl (C=O) groups is 1. The molecule has 0 fully saturated rings. The van der Waals surface area contributed by atoms with Gasteiger partial charge in [0.1, 0.15) is 10.6 Å². The molecule has 1 heterocycles. The fourth-order valence-corrected chi connectivity index (χ4v) is 2.70. The van der Waals surface area contributed by atoms with Crippen LogP contribution >= 0.6 is 0 Å². The maximum Gasteiger partial charge on any atom is 0.281 e. The summed E-state index contributed by atoms with van der Waals surface area (Å²) < 4.78 is 26.7. The quantitative estimate of drug-likeness (QED) is 0.378. The molecular formula is C12H14N4O3S. The van der Waals surface area contributed by atoms with Gasteiger partial charge in [0.25, 0.3) is 15.9 Å². The van der Waals surface area contributed by atoms with Crippen LogP contribution in [0.15, 0.2) is 41.4 Å². The molecule has 0 aliphatic heterocycles. The molecule has 1 amide bonds. The van der Waals surface area contributed by atoms with E-state index in [4.69, 9.17) is 5.84 Å². The minimum Gasteiger partial charge on any atom is -0.356 e. The van der Waals surface area contributed by atoms with E-state index in [1.807, 2.05) is 18.4 Å². The molecule has 0 bridgehead atoms. The Morgan fingerprint density at radius 3 is 2.70 bits per heavy atom. The molecule has 0 spiro atoms. The van der Waals surface area contributed by atoms with Gasteiger partial charge < -0.3 is 4.98 Å². The van der Waals surface area contributed by atoms with Gasteiger partial charge in [0, 0.05) is 11.9 Å². The van der Waals surface area contributed by atoms with Crippen LogP contribution in [0, 0.1) is 6.92 Å². The van der Waals surface area contributed by atoms with Crippen molar-refractivity contribution in [2.24, 2.45) is 5.84 Å². The van der Waals surface area contributed by atoms with Crippen molar-refractivity contribution in [3.8, 4) is 0 Å². The van der Waals surface area contributed by atoms with Gasteiger partial charge in [-0.25, -0.2) is 14.3 Å². The molecule has 7 nitrogen and oxygen atoms in total. The van der Waals surface area contributed by atoms with Gasteiger partial charge >= 0.3 is 0 Å². The van der Waals surface area contributed by atoms with Crippen LogP contribution in [0.5, 0.6) is 0 Å². The van der Waals surface area contributed by atoms with Crippen molar-refractivity contribution in [1.82, 2.24) is 10.4 Å². The summed E-state index contributed by atoms with van der Waals surface area (Å²) in [5.41, 5.74) is 3.37. The van der Waals surface area contributed by atoms with E-state index in [2.05, 4.69) is 9.71 Å².